The fourth-order valence-electron chi connectivity index (χ4n) is 1.51. The molecule has 0 bridgehead atoms. The molecule has 0 saturated heterocycles. The Bertz CT molecular complexity index is 590. The monoisotopic (exact) mass is 228 g/mol. The fourth-order valence-corrected chi connectivity index (χ4v) is 1.51. The van der Waals surface area contributed by atoms with Gasteiger partial charge in [0.2, 0.25) is 0 Å². The predicted molar refractivity (Wildman–Crippen MR) is 60.9 cm³/mol. The Morgan fingerprint density at radius 2 is 2.00 bits per heavy atom. The second kappa shape index (κ2) is 4.62. The van der Waals surface area contributed by atoms with Crippen molar-refractivity contribution in [2.75, 3.05) is 7.11 Å². The van der Waals surface area contributed by atoms with Gasteiger partial charge in [-0.3, -0.25) is 4.98 Å². The highest BCUT2D eigenvalue weighted by Crippen LogP contribution is 2.24. The Morgan fingerprint density at radius 3 is 2.71 bits per heavy atom. The third-order valence-corrected chi connectivity index (χ3v) is 2.31. The van der Waals surface area contributed by atoms with Gasteiger partial charge in [0.1, 0.15) is 11.6 Å². The Morgan fingerprint density at radius 1 is 1.18 bits per heavy atom. The molecule has 0 unspecified atom stereocenters. The Labute approximate surface area is 98.1 Å². The summed E-state index contributed by atoms with van der Waals surface area (Å²) in [5.74, 6) is 0.145. The molecule has 0 fully saturated rings. The van der Waals surface area contributed by atoms with Crippen LogP contribution in [0.15, 0.2) is 36.7 Å². The minimum absolute atomic E-state index is 0.280. The lowest BCUT2D eigenvalue weighted by Crippen LogP contribution is -1.88. The van der Waals surface area contributed by atoms with Crippen LogP contribution in [0.3, 0.4) is 0 Å². The van der Waals surface area contributed by atoms with Gasteiger partial charge in [0.25, 0.3) is 0 Å². The summed E-state index contributed by atoms with van der Waals surface area (Å²) in [5, 5.41) is 8.78. The highest BCUT2D eigenvalue weighted by atomic mass is 19.1. The van der Waals surface area contributed by atoms with Crippen molar-refractivity contribution in [3.05, 3.63) is 48.0 Å². The number of hydrogen-bond acceptors (Lipinski definition) is 3. The quantitative estimate of drug-likeness (QED) is 0.793. The van der Waals surface area contributed by atoms with Gasteiger partial charge in [0.15, 0.2) is 0 Å². The lowest BCUT2D eigenvalue weighted by atomic mass is 10.0. The van der Waals surface area contributed by atoms with Crippen LogP contribution in [0, 0.1) is 17.1 Å². The van der Waals surface area contributed by atoms with E-state index in [1.807, 2.05) is 6.07 Å². The summed E-state index contributed by atoms with van der Waals surface area (Å²) in [5.41, 5.74) is 1.59. The van der Waals surface area contributed by atoms with Gasteiger partial charge in [-0.1, -0.05) is 0 Å². The SMILES string of the molecule is COc1cncc(-c2cc(F)cc(C#N)c2)c1. The van der Waals surface area contributed by atoms with E-state index in [0.29, 0.717) is 16.9 Å². The molecule has 0 aliphatic heterocycles. The minimum Gasteiger partial charge on any atom is -0.495 e. The molecule has 1 heterocycles. The Hall–Kier alpha value is -2.41. The van der Waals surface area contributed by atoms with Gasteiger partial charge in [-0.25, -0.2) is 4.39 Å². The van der Waals surface area contributed by atoms with Gasteiger partial charge < -0.3 is 4.74 Å². The first-order valence-corrected chi connectivity index (χ1v) is 4.93. The largest absolute Gasteiger partial charge is 0.495 e. The highest BCUT2D eigenvalue weighted by molar-refractivity contribution is 5.65. The van der Waals surface area contributed by atoms with Crippen molar-refractivity contribution in [1.82, 2.24) is 4.98 Å². The molecule has 1 aromatic heterocycles. The topological polar surface area (TPSA) is 45.9 Å². The number of nitriles is 1. The van der Waals surface area contributed by atoms with E-state index < -0.39 is 5.82 Å². The maximum atomic E-state index is 13.3. The molecule has 2 rings (SSSR count). The summed E-state index contributed by atoms with van der Waals surface area (Å²) in [7, 11) is 1.53. The van der Waals surface area contributed by atoms with E-state index in [0.717, 1.165) is 0 Å². The van der Waals surface area contributed by atoms with Crippen molar-refractivity contribution in [1.29, 1.82) is 5.26 Å². The summed E-state index contributed by atoms with van der Waals surface area (Å²) in [6, 6.07) is 7.81. The maximum Gasteiger partial charge on any atom is 0.137 e. The Kier molecular flexibility index (Phi) is 3.01. The molecule has 0 N–H and O–H groups in total. The number of nitrogens with zero attached hydrogens (tertiary/aromatic N) is 2. The number of benzene rings is 1. The summed E-state index contributed by atoms with van der Waals surface area (Å²) in [6.07, 6.45) is 3.16. The summed E-state index contributed by atoms with van der Waals surface area (Å²) < 4.78 is 18.3. The second-order valence-electron chi connectivity index (χ2n) is 3.45. The molecule has 1 aromatic carbocycles. The van der Waals surface area contributed by atoms with Gasteiger partial charge >= 0.3 is 0 Å². The third kappa shape index (κ3) is 2.40. The highest BCUT2D eigenvalue weighted by Gasteiger charge is 2.04. The van der Waals surface area contributed by atoms with Crippen LogP contribution < -0.4 is 4.74 Å². The lowest BCUT2D eigenvalue weighted by Gasteiger charge is -2.04. The van der Waals surface area contributed by atoms with Crippen molar-refractivity contribution in [3.8, 4) is 22.9 Å². The summed E-state index contributed by atoms with van der Waals surface area (Å²) >= 11 is 0. The van der Waals surface area contributed by atoms with Crippen molar-refractivity contribution >= 4 is 0 Å². The van der Waals surface area contributed by atoms with Crippen molar-refractivity contribution in [2.45, 2.75) is 0 Å². The van der Waals surface area contributed by atoms with Gasteiger partial charge in [0.05, 0.1) is 24.9 Å². The van der Waals surface area contributed by atoms with Crippen LogP contribution in [0.2, 0.25) is 0 Å². The normalized spacial score (nSPS) is 9.71. The van der Waals surface area contributed by atoms with E-state index in [1.54, 1.807) is 24.5 Å². The van der Waals surface area contributed by atoms with Gasteiger partial charge in [-0.2, -0.15) is 5.26 Å². The molecule has 17 heavy (non-hydrogen) atoms. The number of ether oxygens (including phenoxy) is 1. The number of halogens is 1. The molecule has 0 radical (unpaired) electrons. The van der Waals surface area contributed by atoms with E-state index in [-0.39, 0.29) is 5.56 Å². The summed E-state index contributed by atoms with van der Waals surface area (Å²) in [4.78, 5) is 3.99. The average Bonchev–Trinajstić information content (AvgIpc) is 2.38. The molecule has 0 aliphatic rings. The van der Waals surface area contributed by atoms with Crippen LogP contribution in [-0.4, -0.2) is 12.1 Å². The molecule has 2 aromatic rings. The number of pyridine rings is 1. The number of aromatic nitrogens is 1. The molecule has 3 nitrogen and oxygen atoms in total. The molecule has 4 heteroatoms. The molecule has 0 spiro atoms. The van der Waals surface area contributed by atoms with Crippen LogP contribution in [0.4, 0.5) is 4.39 Å². The Balaban J connectivity index is 2.52. The zero-order chi connectivity index (χ0) is 12.3. The zero-order valence-electron chi connectivity index (χ0n) is 9.14. The fraction of sp³-hybridized carbons (Fsp3) is 0.0769. The van der Waals surface area contributed by atoms with Crippen LogP contribution in [0.25, 0.3) is 11.1 Å². The van der Waals surface area contributed by atoms with Crippen molar-refractivity contribution in [2.24, 2.45) is 0 Å². The molecular formula is C13H9FN2O. The van der Waals surface area contributed by atoms with Crippen LogP contribution in [0.5, 0.6) is 5.75 Å². The molecule has 0 amide bonds. The molecule has 84 valence electrons. The average molecular weight is 228 g/mol. The summed E-state index contributed by atoms with van der Waals surface area (Å²) in [6.45, 7) is 0. The minimum atomic E-state index is -0.443. The molecule has 0 aliphatic carbocycles. The van der Waals surface area contributed by atoms with Gasteiger partial charge in [-0.05, 0) is 29.8 Å². The van der Waals surface area contributed by atoms with E-state index in [9.17, 15) is 4.39 Å². The molecule has 0 atom stereocenters. The van der Waals surface area contributed by atoms with Crippen LogP contribution in [-0.2, 0) is 0 Å². The van der Waals surface area contributed by atoms with Crippen LogP contribution in [0.1, 0.15) is 5.56 Å². The lowest BCUT2D eigenvalue weighted by molar-refractivity contribution is 0.413. The van der Waals surface area contributed by atoms with E-state index >= 15 is 0 Å². The number of rotatable bonds is 2. The zero-order valence-corrected chi connectivity index (χ0v) is 9.14. The first-order valence-electron chi connectivity index (χ1n) is 4.93. The van der Waals surface area contributed by atoms with Crippen LogP contribution >= 0.6 is 0 Å². The predicted octanol–water partition coefficient (Wildman–Crippen LogP) is 2.77. The van der Waals surface area contributed by atoms with Gasteiger partial charge in [0, 0.05) is 11.8 Å². The molecular weight excluding hydrogens is 219 g/mol. The first-order chi connectivity index (χ1) is 8.22. The van der Waals surface area contributed by atoms with Crippen molar-refractivity contribution < 1.29 is 9.13 Å². The number of hydrogen-bond donors (Lipinski definition) is 0. The smallest absolute Gasteiger partial charge is 0.137 e. The van der Waals surface area contributed by atoms with Gasteiger partial charge in [-0.15, -0.1) is 0 Å². The van der Waals surface area contributed by atoms with Crippen molar-refractivity contribution in [3.63, 3.8) is 0 Å². The van der Waals surface area contributed by atoms with E-state index in [2.05, 4.69) is 4.98 Å². The maximum absolute atomic E-state index is 13.3. The second-order valence-corrected chi connectivity index (χ2v) is 3.45. The number of methoxy groups -OCH3 is 1. The van der Waals surface area contributed by atoms with E-state index in [4.69, 9.17) is 10.00 Å². The van der Waals surface area contributed by atoms with E-state index in [1.165, 1.54) is 19.2 Å². The third-order valence-electron chi connectivity index (χ3n) is 2.31. The standard InChI is InChI=1S/C13H9FN2O/c1-17-13-5-11(7-16-8-13)10-2-9(6-15)3-12(14)4-10/h2-5,7-8H,1H3. The molecule has 0 saturated carbocycles. The first kappa shape index (κ1) is 11.1.